The first-order valence-corrected chi connectivity index (χ1v) is 7.81. The Kier molecular flexibility index (Phi) is 4.20. The van der Waals surface area contributed by atoms with E-state index in [-0.39, 0.29) is 5.41 Å². The number of hydrogen-bond acceptors (Lipinski definition) is 1. The van der Waals surface area contributed by atoms with E-state index in [0.717, 1.165) is 4.90 Å². The molecule has 0 bridgehead atoms. The Morgan fingerprint density at radius 3 is 2.11 bits per heavy atom. The van der Waals surface area contributed by atoms with Crippen molar-refractivity contribution in [1.82, 2.24) is 0 Å². The molecule has 0 radical (unpaired) electrons. The fourth-order valence-electron chi connectivity index (χ4n) is 2.07. The maximum atomic E-state index is 12.5. The maximum Gasteiger partial charge on any atom is 0.0538 e. The Labute approximate surface area is 118 Å². The summed E-state index contributed by atoms with van der Waals surface area (Å²) in [6.45, 7) is 6.34. The SMILES string of the molecule is Cc1ccc(S(=O)CC(C)(C)c2ccccc2)cc1. The van der Waals surface area contributed by atoms with Crippen LogP contribution in [-0.2, 0) is 16.2 Å². The van der Waals surface area contributed by atoms with Gasteiger partial charge in [0.05, 0.1) is 10.8 Å². The van der Waals surface area contributed by atoms with Gasteiger partial charge < -0.3 is 0 Å². The average Bonchev–Trinajstić information content (AvgIpc) is 2.40. The van der Waals surface area contributed by atoms with E-state index < -0.39 is 10.8 Å². The lowest BCUT2D eigenvalue weighted by Crippen LogP contribution is -2.25. The molecular formula is C17H20OS. The molecule has 0 saturated carbocycles. The van der Waals surface area contributed by atoms with E-state index in [1.807, 2.05) is 49.4 Å². The van der Waals surface area contributed by atoms with Gasteiger partial charge in [-0.05, 0) is 24.6 Å². The van der Waals surface area contributed by atoms with E-state index in [2.05, 4.69) is 26.0 Å². The lowest BCUT2D eigenvalue weighted by atomic mass is 9.87. The highest BCUT2D eigenvalue weighted by Gasteiger charge is 2.23. The van der Waals surface area contributed by atoms with Gasteiger partial charge in [0.15, 0.2) is 0 Å². The lowest BCUT2D eigenvalue weighted by Gasteiger charge is -2.24. The zero-order chi connectivity index (χ0) is 13.9. The van der Waals surface area contributed by atoms with Crippen molar-refractivity contribution in [3.63, 3.8) is 0 Å². The van der Waals surface area contributed by atoms with Crippen LogP contribution in [0.25, 0.3) is 0 Å². The molecular weight excluding hydrogens is 252 g/mol. The molecule has 2 heteroatoms. The highest BCUT2D eigenvalue weighted by Crippen LogP contribution is 2.25. The van der Waals surface area contributed by atoms with Gasteiger partial charge in [-0.15, -0.1) is 0 Å². The van der Waals surface area contributed by atoms with Crippen LogP contribution in [0.15, 0.2) is 59.5 Å². The zero-order valence-corrected chi connectivity index (χ0v) is 12.5. The zero-order valence-electron chi connectivity index (χ0n) is 11.7. The van der Waals surface area contributed by atoms with E-state index in [1.54, 1.807) is 0 Å². The minimum atomic E-state index is -0.962. The van der Waals surface area contributed by atoms with E-state index in [1.165, 1.54) is 11.1 Å². The summed E-state index contributed by atoms with van der Waals surface area (Å²) in [5, 5.41) is 0. The van der Waals surface area contributed by atoms with Crippen molar-refractivity contribution in [3.05, 3.63) is 65.7 Å². The van der Waals surface area contributed by atoms with Gasteiger partial charge in [0, 0.05) is 16.1 Å². The van der Waals surface area contributed by atoms with Crippen LogP contribution in [0, 0.1) is 6.92 Å². The highest BCUT2D eigenvalue weighted by molar-refractivity contribution is 7.85. The van der Waals surface area contributed by atoms with Crippen LogP contribution in [0.5, 0.6) is 0 Å². The van der Waals surface area contributed by atoms with E-state index in [4.69, 9.17) is 0 Å². The predicted molar refractivity (Wildman–Crippen MR) is 81.9 cm³/mol. The molecule has 0 N–H and O–H groups in total. The number of hydrogen-bond donors (Lipinski definition) is 0. The first-order valence-electron chi connectivity index (χ1n) is 6.50. The summed E-state index contributed by atoms with van der Waals surface area (Å²) in [4.78, 5) is 0.912. The van der Waals surface area contributed by atoms with Crippen molar-refractivity contribution >= 4 is 10.8 Å². The second-order valence-corrected chi connectivity index (χ2v) is 7.00. The summed E-state index contributed by atoms with van der Waals surface area (Å²) in [5.74, 6) is 0.639. The molecule has 0 fully saturated rings. The minimum absolute atomic E-state index is 0.0863. The van der Waals surface area contributed by atoms with Crippen molar-refractivity contribution in [1.29, 1.82) is 0 Å². The van der Waals surface area contributed by atoms with Crippen LogP contribution in [0.2, 0.25) is 0 Å². The smallest absolute Gasteiger partial charge is 0.0538 e. The third-order valence-electron chi connectivity index (χ3n) is 3.33. The molecule has 1 nitrogen and oxygen atoms in total. The summed E-state index contributed by atoms with van der Waals surface area (Å²) in [6.07, 6.45) is 0. The van der Waals surface area contributed by atoms with E-state index in [0.29, 0.717) is 5.75 Å². The normalized spacial score (nSPS) is 13.2. The van der Waals surface area contributed by atoms with Crippen molar-refractivity contribution in [2.45, 2.75) is 31.1 Å². The highest BCUT2D eigenvalue weighted by atomic mass is 32.2. The van der Waals surface area contributed by atoms with Crippen LogP contribution >= 0.6 is 0 Å². The van der Waals surface area contributed by atoms with Crippen LogP contribution in [-0.4, -0.2) is 9.96 Å². The monoisotopic (exact) mass is 272 g/mol. The van der Waals surface area contributed by atoms with Gasteiger partial charge in [-0.3, -0.25) is 4.21 Å². The van der Waals surface area contributed by atoms with Crippen LogP contribution in [0.1, 0.15) is 25.0 Å². The number of rotatable bonds is 4. The first-order chi connectivity index (χ1) is 8.99. The summed E-state index contributed by atoms with van der Waals surface area (Å²) in [5.41, 5.74) is 2.34. The third kappa shape index (κ3) is 3.54. The molecule has 2 aromatic carbocycles. The van der Waals surface area contributed by atoms with Gasteiger partial charge in [0.25, 0.3) is 0 Å². The molecule has 100 valence electrons. The van der Waals surface area contributed by atoms with E-state index >= 15 is 0 Å². The molecule has 0 aromatic heterocycles. The van der Waals surface area contributed by atoms with Crippen LogP contribution < -0.4 is 0 Å². The third-order valence-corrected chi connectivity index (χ3v) is 5.11. The summed E-state index contributed by atoms with van der Waals surface area (Å²) < 4.78 is 12.5. The second-order valence-electron chi connectivity index (χ2n) is 5.55. The van der Waals surface area contributed by atoms with Gasteiger partial charge >= 0.3 is 0 Å². The number of aryl methyl sites for hydroxylation is 1. The molecule has 1 atom stereocenters. The Bertz CT molecular complexity index is 556. The molecule has 0 spiro atoms. The summed E-state index contributed by atoms with van der Waals surface area (Å²) >= 11 is 0. The van der Waals surface area contributed by atoms with Crippen molar-refractivity contribution in [3.8, 4) is 0 Å². The van der Waals surface area contributed by atoms with Gasteiger partial charge in [0.2, 0.25) is 0 Å². The second kappa shape index (κ2) is 5.70. The molecule has 2 rings (SSSR count). The topological polar surface area (TPSA) is 17.1 Å². The Hall–Kier alpha value is -1.41. The summed E-state index contributed by atoms with van der Waals surface area (Å²) in [7, 11) is -0.962. The molecule has 0 amide bonds. The van der Waals surface area contributed by atoms with Gasteiger partial charge in [-0.1, -0.05) is 61.9 Å². The van der Waals surface area contributed by atoms with Gasteiger partial charge in [-0.25, -0.2) is 0 Å². The predicted octanol–water partition coefficient (Wildman–Crippen LogP) is 4.08. The first kappa shape index (κ1) is 14.0. The van der Waals surface area contributed by atoms with E-state index in [9.17, 15) is 4.21 Å². The Balaban J connectivity index is 2.16. The van der Waals surface area contributed by atoms with Crippen LogP contribution in [0.3, 0.4) is 0 Å². The van der Waals surface area contributed by atoms with Crippen molar-refractivity contribution < 1.29 is 4.21 Å². The van der Waals surface area contributed by atoms with Gasteiger partial charge in [-0.2, -0.15) is 0 Å². The van der Waals surface area contributed by atoms with Crippen molar-refractivity contribution in [2.75, 3.05) is 5.75 Å². The Morgan fingerprint density at radius 1 is 0.947 bits per heavy atom. The summed E-state index contributed by atoms with van der Waals surface area (Å²) in [6, 6.07) is 18.2. The lowest BCUT2D eigenvalue weighted by molar-refractivity contribution is 0.586. The van der Waals surface area contributed by atoms with Crippen LogP contribution in [0.4, 0.5) is 0 Å². The fourth-order valence-corrected chi connectivity index (χ4v) is 3.50. The largest absolute Gasteiger partial charge is 0.254 e. The standard InChI is InChI=1S/C17H20OS/c1-14-9-11-16(12-10-14)19(18)13-17(2,3)15-7-5-4-6-8-15/h4-12H,13H2,1-3H3. The quantitative estimate of drug-likeness (QED) is 0.819. The molecule has 2 aromatic rings. The number of benzene rings is 2. The molecule has 0 heterocycles. The molecule has 19 heavy (non-hydrogen) atoms. The average molecular weight is 272 g/mol. The molecule has 0 aliphatic carbocycles. The minimum Gasteiger partial charge on any atom is -0.254 e. The van der Waals surface area contributed by atoms with Gasteiger partial charge in [0.1, 0.15) is 0 Å². The fraction of sp³-hybridized carbons (Fsp3) is 0.294. The van der Waals surface area contributed by atoms with Crippen molar-refractivity contribution in [2.24, 2.45) is 0 Å². The molecule has 0 aliphatic heterocycles. The molecule has 0 saturated heterocycles. The molecule has 0 aliphatic rings. The maximum absolute atomic E-state index is 12.5. The molecule has 1 unspecified atom stereocenters. The Morgan fingerprint density at radius 2 is 1.53 bits per heavy atom.